The van der Waals surface area contributed by atoms with Gasteiger partial charge in [0.1, 0.15) is 23.1 Å². The molecule has 0 bridgehead atoms. The van der Waals surface area contributed by atoms with Crippen LogP contribution >= 0.6 is 11.6 Å². The molecule has 0 fully saturated rings. The predicted molar refractivity (Wildman–Crippen MR) is 81.6 cm³/mol. The van der Waals surface area contributed by atoms with E-state index in [0.29, 0.717) is 18.3 Å². The van der Waals surface area contributed by atoms with Gasteiger partial charge in [-0.2, -0.15) is 5.10 Å². The first-order valence-electron chi connectivity index (χ1n) is 7.02. The number of halogens is 1. The Morgan fingerprint density at radius 3 is 2.62 bits per heavy atom. The number of hydrogen-bond donors (Lipinski definition) is 0. The SMILES string of the molecule is CC(C)Cn1ncnc1Cn1c(C(C)C)nc(Cl)cc1=O. The van der Waals surface area contributed by atoms with E-state index in [4.69, 9.17) is 11.6 Å². The molecule has 0 saturated carbocycles. The zero-order valence-corrected chi connectivity index (χ0v) is 13.5. The molecule has 0 aliphatic rings. The molecule has 21 heavy (non-hydrogen) atoms. The average Bonchev–Trinajstić information content (AvgIpc) is 2.78. The molecule has 0 radical (unpaired) electrons. The van der Waals surface area contributed by atoms with Crippen LogP contribution < -0.4 is 5.56 Å². The Labute approximate surface area is 128 Å². The predicted octanol–water partition coefficient (Wildman–Crippen LogP) is 2.32. The third kappa shape index (κ3) is 3.69. The van der Waals surface area contributed by atoms with Gasteiger partial charge in [0, 0.05) is 18.5 Å². The van der Waals surface area contributed by atoms with E-state index in [9.17, 15) is 4.79 Å². The second kappa shape index (κ2) is 6.39. The van der Waals surface area contributed by atoms with Crippen molar-refractivity contribution in [1.82, 2.24) is 24.3 Å². The molecule has 7 heteroatoms. The van der Waals surface area contributed by atoms with E-state index in [0.717, 1.165) is 12.4 Å². The lowest BCUT2D eigenvalue weighted by atomic mass is 10.2. The molecule has 0 aliphatic carbocycles. The molecule has 0 atom stereocenters. The largest absolute Gasteiger partial charge is 0.289 e. The van der Waals surface area contributed by atoms with Gasteiger partial charge in [-0.1, -0.05) is 39.3 Å². The van der Waals surface area contributed by atoms with Crippen LogP contribution in [0.3, 0.4) is 0 Å². The maximum absolute atomic E-state index is 12.2. The molecule has 2 aromatic rings. The van der Waals surface area contributed by atoms with Crippen molar-refractivity contribution in [2.75, 3.05) is 0 Å². The van der Waals surface area contributed by atoms with Crippen LogP contribution in [-0.2, 0) is 13.1 Å². The zero-order chi connectivity index (χ0) is 15.6. The molecule has 2 aromatic heterocycles. The van der Waals surface area contributed by atoms with E-state index in [1.54, 1.807) is 4.57 Å². The summed E-state index contributed by atoms with van der Waals surface area (Å²) in [6, 6.07) is 1.33. The Balaban J connectivity index is 2.40. The van der Waals surface area contributed by atoms with Gasteiger partial charge >= 0.3 is 0 Å². The van der Waals surface area contributed by atoms with E-state index in [1.165, 1.54) is 12.4 Å². The molecule has 2 rings (SSSR count). The normalized spacial score (nSPS) is 11.6. The first-order chi connectivity index (χ1) is 9.88. The third-order valence-electron chi connectivity index (χ3n) is 3.06. The molecular formula is C14H20ClN5O. The molecule has 0 N–H and O–H groups in total. The highest BCUT2D eigenvalue weighted by Crippen LogP contribution is 2.14. The van der Waals surface area contributed by atoms with Crippen molar-refractivity contribution < 1.29 is 0 Å². The van der Waals surface area contributed by atoms with Crippen molar-refractivity contribution in [3.05, 3.63) is 39.5 Å². The first-order valence-corrected chi connectivity index (χ1v) is 7.40. The Hall–Kier alpha value is -1.69. The minimum Gasteiger partial charge on any atom is -0.289 e. The standard InChI is InChI=1S/C14H20ClN5O/c1-9(2)6-20-12(16-8-17-20)7-19-13(21)5-11(15)18-14(19)10(3)4/h5,8-10H,6-7H2,1-4H3. The fraction of sp³-hybridized carbons (Fsp3) is 0.571. The van der Waals surface area contributed by atoms with E-state index in [2.05, 4.69) is 28.9 Å². The highest BCUT2D eigenvalue weighted by Gasteiger charge is 2.15. The molecule has 0 amide bonds. The highest BCUT2D eigenvalue weighted by atomic mass is 35.5. The van der Waals surface area contributed by atoms with Gasteiger partial charge in [0.2, 0.25) is 0 Å². The summed E-state index contributed by atoms with van der Waals surface area (Å²) < 4.78 is 3.44. The van der Waals surface area contributed by atoms with Crippen molar-refractivity contribution in [3.8, 4) is 0 Å². The van der Waals surface area contributed by atoms with Crippen LogP contribution in [0.5, 0.6) is 0 Å². The Morgan fingerprint density at radius 2 is 2.00 bits per heavy atom. The maximum Gasteiger partial charge on any atom is 0.255 e. The van der Waals surface area contributed by atoms with Crippen molar-refractivity contribution in [3.63, 3.8) is 0 Å². The van der Waals surface area contributed by atoms with Gasteiger partial charge in [0.15, 0.2) is 0 Å². The maximum atomic E-state index is 12.2. The quantitative estimate of drug-likeness (QED) is 0.795. The molecule has 0 unspecified atom stereocenters. The monoisotopic (exact) mass is 309 g/mol. The van der Waals surface area contributed by atoms with Crippen LogP contribution in [0.4, 0.5) is 0 Å². The van der Waals surface area contributed by atoms with Gasteiger partial charge in [-0.25, -0.2) is 14.6 Å². The van der Waals surface area contributed by atoms with Crippen molar-refractivity contribution in [1.29, 1.82) is 0 Å². The molecule has 2 heterocycles. The molecule has 0 aromatic carbocycles. The van der Waals surface area contributed by atoms with Crippen molar-refractivity contribution in [2.24, 2.45) is 5.92 Å². The number of rotatable bonds is 5. The second-order valence-corrected chi connectivity index (χ2v) is 6.16. The Kier molecular flexibility index (Phi) is 4.77. The van der Waals surface area contributed by atoms with Crippen LogP contribution in [0.1, 0.15) is 45.3 Å². The lowest BCUT2D eigenvalue weighted by molar-refractivity contribution is 0.456. The van der Waals surface area contributed by atoms with Crippen LogP contribution in [0.2, 0.25) is 5.15 Å². The van der Waals surface area contributed by atoms with Crippen LogP contribution in [-0.4, -0.2) is 24.3 Å². The summed E-state index contributed by atoms with van der Waals surface area (Å²) in [5.74, 6) is 1.95. The number of hydrogen-bond acceptors (Lipinski definition) is 4. The van der Waals surface area contributed by atoms with Gasteiger partial charge in [-0.05, 0) is 5.92 Å². The first kappa shape index (κ1) is 15.7. The Bertz CT molecular complexity index is 674. The summed E-state index contributed by atoms with van der Waals surface area (Å²) in [5.41, 5.74) is -0.169. The molecule has 6 nitrogen and oxygen atoms in total. The van der Waals surface area contributed by atoms with E-state index in [-0.39, 0.29) is 16.6 Å². The molecule has 114 valence electrons. The highest BCUT2D eigenvalue weighted by molar-refractivity contribution is 6.29. The lowest BCUT2D eigenvalue weighted by Gasteiger charge is -2.15. The van der Waals surface area contributed by atoms with Crippen LogP contribution in [0.25, 0.3) is 0 Å². The summed E-state index contributed by atoms with van der Waals surface area (Å²) in [4.78, 5) is 20.7. The summed E-state index contributed by atoms with van der Waals surface area (Å²) in [6.07, 6.45) is 1.52. The van der Waals surface area contributed by atoms with Crippen molar-refractivity contribution >= 4 is 11.6 Å². The minimum atomic E-state index is -0.169. The minimum absolute atomic E-state index is 0.0953. The van der Waals surface area contributed by atoms with Crippen LogP contribution in [0, 0.1) is 5.92 Å². The van der Waals surface area contributed by atoms with Gasteiger partial charge in [-0.3, -0.25) is 9.36 Å². The summed E-state index contributed by atoms with van der Waals surface area (Å²) in [5, 5.41) is 4.44. The summed E-state index contributed by atoms with van der Waals surface area (Å²) >= 11 is 5.89. The molecular weight excluding hydrogens is 290 g/mol. The molecule has 0 saturated heterocycles. The van der Waals surface area contributed by atoms with E-state index >= 15 is 0 Å². The molecule has 0 spiro atoms. The fourth-order valence-electron chi connectivity index (χ4n) is 2.14. The van der Waals surface area contributed by atoms with Gasteiger partial charge in [-0.15, -0.1) is 0 Å². The fourth-order valence-corrected chi connectivity index (χ4v) is 2.32. The lowest BCUT2D eigenvalue weighted by Crippen LogP contribution is -2.27. The Morgan fingerprint density at radius 1 is 1.29 bits per heavy atom. The van der Waals surface area contributed by atoms with Gasteiger partial charge in [0.25, 0.3) is 5.56 Å². The second-order valence-electron chi connectivity index (χ2n) is 5.77. The van der Waals surface area contributed by atoms with Crippen molar-refractivity contribution in [2.45, 2.75) is 46.7 Å². The van der Waals surface area contributed by atoms with Crippen LogP contribution in [0.15, 0.2) is 17.2 Å². The van der Waals surface area contributed by atoms with Gasteiger partial charge in [0.05, 0.1) is 6.54 Å². The summed E-state index contributed by atoms with van der Waals surface area (Å²) in [6.45, 7) is 9.30. The average molecular weight is 310 g/mol. The molecule has 0 aliphatic heterocycles. The van der Waals surface area contributed by atoms with Gasteiger partial charge < -0.3 is 0 Å². The smallest absolute Gasteiger partial charge is 0.255 e. The third-order valence-corrected chi connectivity index (χ3v) is 3.25. The topological polar surface area (TPSA) is 65.6 Å². The zero-order valence-electron chi connectivity index (χ0n) is 12.7. The number of nitrogens with zero attached hydrogens (tertiary/aromatic N) is 5. The summed E-state index contributed by atoms with van der Waals surface area (Å²) in [7, 11) is 0. The van der Waals surface area contributed by atoms with E-state index < -0.39 is 0 Å². The number of aromatic nitrogens is 5. The van der Waals surface area contributed by atoms with E-state index in [1.807, 2.05) is 18.5 Å².